The van der Waals surface area contributed by atoms with Crippen LogP contribution in [-0.2, 0) is 16.4 Å². The van der Waals surface area contributed by atoms with Gasteiger partial charge in [-0.2, -0.15) is 0 Å². The van der Waals surface area contributed by atoms with Crippen LogP contribution in [0, 0.1) is 5.82 Å². The van der Waals surface area contributed by atoms with Gasteiger partial charge in [-0.15, -0.1) is 0 Å². The van der Waals surface area contributed by atoms with Gasteiger partial charge in [0.2, 0.25) is 0 Å². The van der Waals surface area contributed by atoms with E-state index in [4.69, 9.17) is 0 Å². The summed E-state index contributed by atoms with van der Waals surface area (Å²) in [5.41, 5.74) is 0.935. The zero-order valence-corrected chi connectivity index (χ0v) is 9.35. The van der Waals surface area contributed by atoms with Crippen LogP contribution in [0.4, 0.5) is 4.39 Å². The molecule has 0 aliphatic heterocycles. The van der Waals surface area contributed by atoms with Gasteiger partial charge in [-0.05, 0) is 17.7 Å². The van der Waals surface area contributed by atoms with E-state index in [1.54, 1.807) is 12.1 Å². The normalized spacial score (nSPS) is 11.6. The van der Waals surface area contributed by atoms with Crippen molar-refractivity contribution in [1.82, 2.24) is 5.32 Å². The molecule has 15 heavy (non-hydrogen) atoms. The van der Waals surface area contributed by atoms with E-state index < -0.39 is 9.84 Å². The molecule has 3 nitrogen and oxygen atoms in total. The van der Waals surface area contributed by atoms with Crippen LogP contribution in [0.15, 0.2) is 24.3 Å². The largest absolute Gasteiger partial charge is 0.312 e. The van der Waals surface area contributed by atoms with E-state index in [0.717, 1.165) is 5.56 Å². The summed E-state index contributed by atoms with van der Waals surface area (Å²) in [6.07, 6.45) is 1.20. The number of halogens is 1. The monoisotopic (exact) mass is 231 g/mol. The molecule has 0 radical (unpaired) electrons. The molecule has 0 spiro atoms. The Morgan fingerprint density at radius 1 is 1.27 bits per heavy atom. The number of nitrogens with one attached hydrogen (secondary N) is 1. The fraction of sp³-hybridized carbons (Fsp3) is 0.400. The third-order valence-corrected chi connectivity index (χ3v) is 2.84. The van der Waals surface area contributed by atoms with Crippen molar-refractivity contribution < 1.29 is 12.8 Å². The molecule has 0 amide bonds. The van der Waals surface area contributed by atoms with E-state index in [2.05, 4.69) is 5.32 Å². The van der Waals surface area contributed by atoms with Crippen LogP contribution in [0.2, 0.25) is 0 Å². The van der Waals surface area contributed by atoms with Crippen LogP contribution in [0.1, 0.15) is 5.56 Å². The highest BCUT2D eigenvalue weighted by molar-refractivity contribution is 7.90. The Morgan fingerprint density at radius 2 is 1.87 bits per heavy atom. The Balaban J connectivity index is 2.29. The first-order chi connectivity index (χ1) is 6.97. The lowest BCUT2D eigenvalue weighted by Crippen LogP contribution is -2.21. The van der Waals surface area contributed by atoms with Gasteiger partial charge in [0.1, 0.15) is 15.7 Å². The SMILES string of the molecule is CS(=O)(=O)CCNCc1ccc(F)cc1. The fourth-order valence-corrected chi connectivity index (χ4v) is 1.61. The van der Waals surface area contributed by atoms with Crippen LogP contribution < -0.4 is 5.32 Å². The summed E-state index contributed by atoms with van der Waals surface area (Å²) in [6, 6.07) is 6.10. The molecule has 84 valence electrons. The highest BCUT2D eigenvalue weighted by atomic mass is 32.2. The van der Waals surface area contributed by atoms with E-state index in [1.807, 2.05) is 0 Å². The lowest BCUT2D eigenvalue weighted by molar-refractivity contribution is 0.596. The van der Waals surface area contributed by atoms with Gasteiger partial charge in [0.05, 0.1) is 5.75 Å². The van der Waals surface area contributed by atoms with Crippen molar-refractivity contribution >= 4 is 9.84 Å². The highest BCUT2D eigenvalue weighted by Gasteiger charge is 2.00. The minimum atomic E-state index is -2.91. The van der Waals surface area contributed by atoms with E-state index in [1.165, 1.54) is 18.4 Å². The molecule has 0 aromatic heterocycles. The average Bonchev–Trinajstić information content (AvgIpc) is 2.14. The molecule has 1 aromatic carbocycles. The number of sulfone groups is 1. The molecule has 0 aliphatic carbocycles. The molecular formula is C10H14FNO2S. The van der Waals surface area contributed by atoms with Crippen molar-refractivity contribution in [2.24, 2.45) is 0 Å². The number of hydrogen-bond acceptors (Lipinski definition) is 3. The van der Waals surface area contributed by atoms with Gasteiger partial charge in [0.15, 0.2) is 0 Å². The van der Waals surface area contributed by atoms with E-state index in [-0.39, 0.29) is 11.6 Å². The molecule has 0 saturated carbocycles. The molecular weight excluding hydrogens is 217 g/mol. The van der Waals surface area contributed by atoms with Crippen LogP contribution in [0.3, 0.4) is 0 Å². The standard InChI is InChI=1S/C10H14FNO2S/c1-15(13,14)7-6-12-8-9-2-4-10(11)5-3-9/h2-5,12H,6-8H2,1H3. The predicted octanol–water partition coefficient (Wildman–Crippen LogP) is 0.960. The van der Waals surface area contributed by atoms with Gasteiger partial charge in [0, 0.05) is 19.3 Å². The first-order valence-electron chi connectivity index (χ1n) is 4.60. The molecule has 1 N–H and O–H groups in total. The average molecular weight is 231 g/mol. The van der Waals surface area contributed by atoms with Gasteiger partial charge in [-0.3, -0.25) is 0 Å². The lowest BCUT2D eigenvalue weighted by atomic mass is 10.2. The number of rotatable bonds is 5. The fourth-order valence-electron chi connectivity index (χ4n) is 1.09. The zero-order chi connectivity index (χ0) is 11.3. The quantitative estimate of drug-likeness (QED) is 0.768. The van der Waals surface area contributed by atoms with Crippen molar-refractivity contribution in [1.29, 1.82) is 0 Å². The van der Waals surface area contributed by atoms with Crippen LogP contribution in [0.5, 0.6) is 0 Å². The van der Waals surface area contributed by atoms with E-state index >= 15 is 0 Å². The van der Waals surface area contributed by atoms with Crippen molar-refractivity contribution in [3.63, 3.8) is 0 Å². The maximum atomic E-state index is 12.5. The maximum Gasteiger partial charge on any atom is 0.148 e. The number of hydrogen-bond donors (Lipinski definition) is 1. The van der Waals surface area contributed by atoms with Crippen molar-refractivity contribution in [2.45, 2.75) is 6.54 Å². The summed E-state index contributed by atoms with van der Waals surface area (Å²) < 4.78 is 34.1. The van der Waals surface area contributed by atoms with Crippen LogP contribution >= 0.6 is 0 Å². The van der Waals surface area contributed by atoms with Gasteiger partial charge in [0.25, 0.3) is 0 Å². The molecule has 0 aliphatic rings. The van der Waals surface area contributed by atoms with Crippen LogP contribution in [0.25, 0.3) is 0 Å². The van der Waals surface area contributed by atoms with Gasteiger partial charge in [-0.25, -0.2) is 12.8 Å². The Kier molecular flexibility index (Phi) is 4.23. The molecule has 0 unspecified atom stereocenters. The minimum absolute atomic E-state index is 0.119. The highest BCUT2D eigenvalue weighted by Crippen LogP contribution is 2.01. The zero-order valence-electron chi connectivity index (χ0n) is 8.53. The summed E-state index contributed by atoms with van der Waals surface area (Å²) in [6.45, 7) is 0.964. The topological polar surface area (TPSA) is 46.2 Å². The summed E-state index contributed by atoms with van der Waals surface area (Å²) in [7, 11) is -2.91. The second-order valence-electron chi connectivity index (χ2n) is 3.43. The van der Waals surface area contributed by atoms with Gasteiger partial charge < -0.3 is 5.32 Å². The molecule has 0 saturated heterocycles. The Morgan fingerprint density at radius 3 is 2.40 bits per heavy atom. The molecule has 0 bridgehead atoms. The second-order valence-corrected chi connectivity index (χ2v) is 5.69. The van der Waals surface area contributed by atoms with Gasteiger partial charge >= 0.3 is 0 Å². The number of benzene rings is 1. The molecule has 0 atom stereocenters. The Hall–Kier alpha value is -0.940. The summed E-state index contributed by atoms with van der Waals surface area (Å²) in [5.74, 6) is -0.149. The summed E-state index contributed by atoms with van der Waals surface area (Å²) >= 11 is 0. The summed E-state index contributed by atoms with van der Waals surface area (Å²) in [5, 5.41) is 2.98. The molecule has 0 fully saturated rings. The molecule has 5 heteroatoms. The van der Waals surface area contributed by atoms with E-state index in [9.17, 15) is 12.8 Å². The first kappa shape index (κ1) is 12.1. The van der Waals surface area contributed by atoms with Crippen molar-refractivity contribution in [3.05, 3.63) is 35.6 Å². The van der Waals surface area contributed by atoms with Crippen molar-refractivity contribution in [3.8, 4) is 0 Å². The van der Waals surface area contributed by atoms with Crippen LogP contribution in [-0.4, -0.2) is 27.0 Å². The minimum Gasteiger partial charge on any atom is -0.312 e. The first-order valence-corrected chi connectivity index (χ1v) is 6.66. The predicted molar refractivity (Wildman–Crippen MR) is 57.8 cm³/mol. The molecule has 1 aromatic rings. The third kappa shape index (κ3) is 5.49. The lowest BCUT2D eigenvalue weighted by Gasteiger charge is -2.03. The molecule has 0 heterocycles. The molecule has 1 rings (SSSR count). The maximum absolute atomic E-state index is 12.5. The Bertz CT molecular complexity index is 400. The summed E-state index contributed by atoms with van der Waals surface area (Å²) in [4.78, 5) is 0. The third-order valence-electron chi connectivity index (χ3n) is 1.89. The second kappa shape index (κ2) is 5.23. The Labute approximate surface area is 89.2 Å². The smallest absolute Gasteiger partial charge is 0.148 e. The van der Waals surface area contributed by atoms with Crippen molar-refractivity contribution in [2.75, 3.05) is 18.6 Å². The van der Waals surface area contributed by atoms with Gasteiger partial charge in [-0.1, -0.05) is 12.1 Å². The van der Waals surface area contributed by atoms with E-state index in [0.29, 0.717) is 13.1 Å².